The van der Waals surface area contributed by atoms with Crippen LogP contribution in [-0.4, -0.2) is 20.9 Å². The number of nitrogens with one attached hydrogen (secondary N) is 1. The molecule has 2 aromatic rings. The fourth-order valence-corrected chi connectivity index (χ4v) is 1.91. The third-order valence-electron chi connectivity index (χ3n) is 2.90. The maximum atomic E-state index is 11.4. The highest BCUT2D eigenvalue weighted by molar-refractivity contribution is 5.80. The summed E-state index contributed by atoms with van der Waals surface area (Å²) in [6.45, 7) is 1.88. The number of aliphatic carboxylic acids is 1. The minimum absolute atomic E-state index is 0.417. The zero-order valence-corrected chi connectivity index (χ0v) is 11.2. The molecule has 6 heteroatoms. The van der Waals surface area contributed by atoms with E-state index in [4.69, 9.17) is 5.26 Å². The molecule has 0 fully saturated rings. The van der Waals surface area contributed by atoms with Gasteiger partial charge >= 0.3 is 5.97 Å². The number of rotatable bonds is 4. The van der Waals surface area contributed by atoms with Crippen molar-refractivity contribution in [2.24, 2.45) is 7.05 Å². The van der Waals surface area contributed by atoms with Crippen molar-refractivity contribution in [3.63, 3.8) is 0 Å². The molecule has 0 saturated heterocycles. The molecule has 0 aliphatic rings. The first-order valence-electron chi connectivity index (χ1n) is 6.00. The quantitative estimate of drug-likeness (QED) is 0.884. The molecular weight excluding hydrogens is 256 g/mol. The van der Waals surface area contributed by atoms with E-state index >= 15 is 0 Å². The summed E-state index contributed by atoms with van der Waals surface area (Å²) in [5.74, 6) is -1.03. The summed E-state index contributed by atoms with van der Waals surface area (Å²) < 4.78 is 1.54. The van der Waals surface area contributed by atoms with Gasteiger partial charge in [0.2, 0.25) is 0 Å². The van der Waals surface area contributed by atoms with E-state index in [0.717, 1.165) is 5.56 Å². The van der Waals surface area contributed by atoms with Gasteiger partial charge in [-0.25, -0.2) is 4.79 Å². The Morgan fingerprint density at radius 2 is 2.30 bits per heavy atom. The molecule has 1 unspecified atom stereocenters. The summed E-state index contributed by atoms with van der Waals surface area (Å²) in [7, 11) is 1.72. The molecule has 1 atom stereocenters. The van der Waals surface area contributed by atoms with Gasteiger partial charge in [0.05, 0.1) is 17.4 Å². The van der Waals surface area contributed by atoms with Crippen LogP contribution >= 0.6 is 0 Å². The van der Waals surface area contributed by atoms with E-state index < -0.39 is 12.0 Å². The molecule has 2 N–H and O–H groups in total. The van der Waals surface area contributed by atoms with Crippen molar-refractivity contribution in [1.82, 2.24) is 9.78 Å². The molecule has 0 bridgehead atoms. The average Bonchev–Trinajstić information content (AvgIpc) is 2.83. The molecule has 0 amide bonds. The zero-order chi connectivity index (χ0) is 14.7. The second-order valence-electron chi connectivity index (χ2n) is 4.52. The number of nitriles is 1. The highest BCUT2D eigenvalue weighted by atomic mass is 16.4. The van der Waals surface area contributed by atoms with Gasteiger partial charge in [0.25, 0.3) is 0 Å². The van der Waals surface area contributed by atoms with Crippen LogP contribution in [0.3, 0.4) is 0 Å². The molecule has 20 heavy (non-hydrogen) atoms. The number of hydrogen-bond donors (Lipinski definition) is 2. The van der Waals surface area contributed by atoms with Gasteiger partial charge in [-0.3, -0.25) is 4.68 Å². The monoisotopic (exact) mass is 270 g/mol. The summed E-state index contributed by atoms with van der Waals surface area (Å²) in [5.41, 5.74) is 2.39. The van der Waals surface area contributed by atoms with Gasteiger partial charge in [-0.15, -0.1) is 0 Å². The summed E-state index contributed by atoms with van der Waals surface area (Å²) in [5, 5.41) is 25.3. The van der Waals surface area contributed by atoms with E-state index in [0.29, 0.717) is 16.8 Å². The van der Waals surface area contributed by atoms with E-state index in [1.54, 1.807) is 25.4 Å². The van der Waals surface area contributed by atoms with E-state index in [1.165, 1.54) is 10.9 Å². The van der Waals surface area contributed by atoms with Gasteiger partial charge in [0.15, 0.2) is 6.04 Å². The maximum Gasteiger partial charge on any atom is 0.330 e. The summed E-state index contributed by atoms with van der Waals surface area (Å²) >= 11 is 0. The predicted octanol–water partition coefficient (Wildman–Crippen LogP) is 1.84. The van der Waals surface area contributed by atoms with Crippen molar-refractivity contribution < 1.29 is 9.90 Å². The Kier molecular flexibility index (Phi) is 3.71. The first-order valence-corrected chi connectivity index (χ1v) is 6.00. The van der Waals surface area contributed by atoms with E-state index in [2.05, 4.69) is 16.5 Å². The summed E-state index contributed by atoms with van der Waals surface area (Å²) in [4.78, 5) is 11.4. The second-order valence-corrected chi connectivity index (χ2v) is 4.52. The molecular formula is C14H14N4O2. The lowest BCUT2D eigenvalue weighted by molar-refractivity contribution is -0.138. The fraction of sp³-hybridized carbons (Fsp3) is 0.214. The molecule has 0 saturated carbocycles. The highest BCUT2D eigenvalue weighted by Crippen LogP contribution is 2.23. The van der Waals surface area contributed by atoms with Gasteiger partial charge in [0, 0.05) is 18.8 Å². The molecule has 1 heterocycles. The van der Waals surface area contributed by atoms with E-state index in [1.807, 2.05) is 13.0 Å². The number of nitrogens with zero attached hydrogens (tertiary/aromatic N) is 3. The number of hydrogen-bond acceptors (Lipinski definition) is 4. The lowest BCUT2D eigenvalue weighted by atomic mass is 10.1. The number of benzene rings is 1. The van der Waals surface area contributed by atoms with Crippen LogP contribution in [0.25, 0.3) is 0 Å². The third-order valence-corrected chi connectivity index (χ3v) is 2.90. The number of aryl methyl sites for hydroxylation is 2. The highest BCUT2D eigenvalue weighted by Gasteiger charge is 2.22. The molecule has 0 radical (unpaired) electrons. The zero-order valence-electron chi connectivity index (χ0n) is 11.2. The van der Waals surface area contributed by atoms with Crippen LogP contribution < -0.4 is 5.32 Å². The Labute approximate surface area is 116 Å². The van der Waals surface area contributed by atoms with E-state index in [-0.39, 0.29) is 0 Å². The molecule has 102 valence electrons. The lowest BCUT2D eigenvalue weighted by Gasteiger charge is -2.15. The van der Waals surface area contributed by atoms with Crippen LogP contribution in [0.2, 0.25) is 0 Å². The van der Waals surface area contributed by atoms with Gasteiger partial charge in [-0.05, 0) is 24.6 Å². The Balaban J connectivity index is 2.35. The fourth-order valence-electron chi connectivity index (χ4n) is 1.91. The summed E-state index contributed by atoms with van der Waals surface area (Å²) in [6.07, 6.45) is 3.12. The van der Waals surface area contributed by atoms with Crippen molar-refractivity contribution in [3.8, 4) is 6.07 Å². The normalized spacial score (nSPS) is 11.7. The van der Waals surface area contributed by atoms with Gasteiger partial charge in [-0.1, -0.05) is 6.07 Å². The van der Waals surface area contributed by atoms with Crippen LogP contribution in [0.15, 0.2) is 30.6 Å². The molecule has 2 rings (SSSR count). The Bertz CT molecular complexity index is 685. The first-order chi connectivity index (χ1) is 9.51. The minimum atomic E-state index is -1.03. The average molecular weight is 270 g/mol. The Morgan fingerprint density at radius 3 is 2.85 bits per heavy atom. The second kappa shape index (κ2) is 5.45. The topological polar surface area (TPSA) is 90.9 Å². The van der Waals surface area contributed by atoms with Gasteiger partial charge in [0.1, 0.15) is 6.07 Å². The third kappa shape index (κ3) is 2.78. The number of aromatic nitrogens is 2. The SMILES string of the molecule is Cc1ccc(NC(C(=O)O)c2cnn(C)c2)c(C#N)c1. The largest absolute Gasteiger partial charge is 0.479 e. The standard InChI is InChI=1S/C14H14N4O2/c1-9-3-4-12(10(5-9)6-15)17-13(14(19)20)11-7-16-18(2)8-11/h3-5,7-8,13,17H,1-2H3,(H,19,20). The van der Waals surface area contributed by atoms with Crippen molar-refractivity contribution in [2.75, 3.05) is 5.32 Å². The van der Waals surface area contributed by atoms with Crippen LogP contribution in [0.1, 0.15) is 22.7 Å². The van der Waals surface area contributed by atoms with Crippen LogP contribution in [0.5, 0.6) is 0 Å². The van der Waals surface area contributed by atoms with Crippen LogP contribution in [0, 0.1) is 18.3 Å². The first kappa shape index (κ1) is 13.6. The predicted molar refractivity (Wildman–Crippen MR) is 73.1 cm³/mol. The van der Waals surface area contributed by atoms with E-state index in [9.17, 15) is 9.90 Å². The lowest BCUT2D eigenvalue weighted by Crippen LogP contribution is -2.20. The number of carboxylic acids is 1. The van der Waals surface area contributed by atoms with Crippen molar-refractivity contribution >= 4 is 11.7 Å². The summed E-state index contributed by atoms with van der Waals surface area (Å²) in [6, 6.07) is 6.36. The molecule has 0 spiro atoms. The van der Waals surface area contributed by atoms with Crippen LogP contribution in [-0.2, 0) is 11.8 Å². The molecule has 0 aliphatic carbocycles. The smallest absolute Gasteiger partial charge is 0.330 e. The molecule has 6 nitrogen and oxygen atoms in total. The molecule has 1 aromatic heterocycles. The molecule has 0 aliphatic heterocycles. The number of anilines is 1. The Morgan fingerprint density at radius 1 is 1.55 bits per heavy atom. The number of carbonyl (C=O) groups is 1. The van der Waals surface area contributed by atoms with Crippen molar-refractivity contribution in [1.29, 1.82) is 5.26 Å². The maximum absolute atomic E-state index is 11.4. The van der Waals surface area contributed by atoms with Gasteiger partial charge < -0.3 is 10.4 Å². The minimum Gasteiger partial charge on any atom is -0.479 e. The van der Waals surface area contributed by atoms with Crippen molar-refractivity contribution in [3.05, 3.63) is 47.3 Å². The van der Waals surface area contributed by atoms with Crippen LogP contribution in [0.4, 0.5) is 5.69 Å². The molecule has 1 aromatic carbocycles. The Hall–Kier alpha value is -2.81. The number of carboxylic acid groups (broad SMARTS) is 1. The van der Waals surface area contributed by atoms with Crippen molar-refractivity contribution in [2.45, 2.75) is 13.0 Å². The van der Waals surface area contributed by atoms with Gasteiger partial charge in [-0.2, -0.15) is 10.4 Å².